The molecule has 0 aliphatic carbocycles. The Hall–Kier alpha value is -0.560. The SMILES string of the molecule is O=C(O)C1=CNC(O)C(I)=C1. The lowest BCUT2D eigenvalue weighted by atomic mass is 10.2. The fourth-order valence-corrected chi connectivity index (χ4v) is 1.16. The molecule has 1 aliphatic heterocycles. The highest BCUT2D eigenvalue weighted by molar-refractivity contribution is 14.1. The van der Waals surface area contributed by atoms with Gasteiger partial charge in [-0.3, -0.25) is 0 Å². The van der Waals surface area contributed by atoms with Gasteiger partial charge in [0.2, 0.25) is 0 Å². The van der Waals surface area contributed by atoms with Gasteiger partial charge in [-0.05, 0) is 28.7 Å². The zero-order valence-corrected chi connectivity index (χ0v) is 7.57. The summed E-state index contributed by atoms with van der Waals surface area (Å²) in [5.41, 5.74) is 0.153. The molecule has 0 spiro atoms. The molecule has 0 saturated carbocycles. The number of aliphatic carboxylic acids is 1. The number of carboxylic acids is 1. The van der Waals surface area contributed by atoms with Gasteiger partial charge in [0.05, 0.1) is 5.57 Å². The van der Waals surface area contributed by atoms with E-state index in [-0.39, 0.29) is 5.57 Å². The van der Waals surface area contributed by atoms with E-state index in [2.05, 4.69) is 5.32 Å². The summed E-state index contributed by atoms with van der Waals surface area (Å²) in [6, 6.07) is 0. The van der Waals surface area contributed by atoms with Gasteiger partial charge in [0.15, 0.2) is 6.23 Å². The first-order chi connectivity index (χ1) is 5.11. The molecule has 0 radical (unpaired) electrons. The van der Waals surface area contributed by atoms with Crippen LogP contribution in [0.3, 0.4) is 0 Å². The molecule has 0 fully saturated rings. The molecule has 4 nitrogen and oxygen atoms in total. The highest BCUT2D eigenvalue weighted by atomic mass is 127. The van der Waals surface area contributed by atoms with E-state index in [1.165, 1.54) is 12.3 Å². The van der Waals surface area contributed by atoms with Gasteiger partial charge in [0, 0.05) is 9.78 Å². The van der Waals surface area contributed by atoms with E-state index in [1.54, 1.807) is 0 Å². The topological polar surface area (TPSA) is 69.6 Å². The van der Waals surface area contributed by atoms with Crippen molar-refractivity contribution in [1.82, 2.24) is 5.32 Å². The predicted molar refractivity (Wildman–Crippen MR) is 47.0 cm³/mol. The Balaban J connectivity index is 2.83. The van der Waals surface area contributed by atoms with Crippen molar-refractivity contribution in [2.24, 2.45) is 0 Å². The van der Waals surface area contributed by atoms with E-state index in [4.69, 9.17) is 10.2 Å². The van der Waals surface area contributed by atoms with Gasteiger partial charge in [-0.2, -0.15) is 0 Å². The monoisotopic (exact) mass is 267 g/mol. The van der Waals surface area contributed by atoms with Gasteiger partial charge in [-0.1, -0.05) is 0 Å². The fourth-order valence-electron chi connectivity index (χ4n) is 0.641. The number of halogens is 1. The zero-order chi connectivity index (χ0) is 8.43. The van der Waals surface area contributed by atoms with E-state index in [9.17, 15) is 4.79 Å². The van der Waals surface area contributed by atoms with E-state index < -0.39 is 12.2 Å². The number of rotatable bonds is 1. The van der Waals surface area contributed by atoms with Crippen molar-refractivity contribution in [3.8, 4) is 0 Å². The molecule has 0 amide bonds. The van der Waals surface area contributed by atoms with Gasteiger partial charge in [-0.25, -0.2) is 4.79 Å². The van der Waals surface area contributed by atoms with Gasteiger partial charge >= 0.3 is 5.97 Å². The minimum absolute atomic E-state index is 0.153. The standard InChI is InChI=1S/C6H6INO3/c7-4-1-3(6(10)11)2-8-5(4)9/h1-2,5,8-9H,(H,10,11). The lowest BCUT2D eigenvalue weighted by Crippen LogP contribution is -2.28. The molecule has 1 atom stereocenters. The van der Waals surface area contributed by atoms with Crippen LogP contribution < -0.4 is 5.32 Å². The van der Waals surface area contributed by atoms with Gasteiger partial charge in [0.1, 0.15) is 0 Å². The molecule has 1 rings (SSSR count). The number of aliphatic hydroxyl groups excluding tert-OH is 1. The number of carboxylic acid groups (broad SMARTS) is 1. The van der Waals surface area contributed by atoms with Crippen LogP contribution in [0.15, 0.2) is 21.4 Å². The van der Waals surface area contributed by atoms with Crippen molar-refractivity contribution in [1.29, 1.82) is 0 Å². The van der Waals surface area contributed by atoms with Crippen molar-refractivity contribution in [2.45, 2.75) is 6.23 Å². The minimum Gasteiger partial charge on any atom is -0.478 e. The van der Waals surface area contributed by atoms with Crippen LogP contribution >= 0.6 is 22.6 Å². The maximum absolute atomic E-state index is 10.4. The van der Waals surface area contributed by atoms with Crippen molar-refractivity contribution >= 4 is 28.6 Å². The molecule has 1 aliphatic rings. The maximum atomic E-state index is 10.4. The number of carbonyl (C=O) groups is 1. The second kappa shape index (κ2) is 3.22. The quantitative estimate of drug-likeness (QED) is 0.593. The normalized spacial score (nSPS) is 23.3. The highest BCUT2D eigenvalue weighted by Gasteiger charge is 2.14. The molecule has 0 saturated heterocycles. The lowest BCUT2D eigenvalue weighted by molar-refractivity contribution is -0.132. The van der Waals surface area contributed by atoms with E-state index in [0.717, 1.165) is 0 Å². The van der Waals surface area contributed by atoms with Crippen LogP contribution in [0.25, 0.3) is 0 Å². The number of hydrogen-bond donors (Lipinski definition) is 3. The summed E-state index contributed by atoms with van der Waals surface area (Å²) in [7, 11) is 0. The van der Waals surface area contributed by atoms with Crippen LogP contribution in [0.1, 0.15) is 0 Å². The summed E-state index contributed by atoms with van der Waals surface area (Å²) in [5.74, 6) is -1.00. The largest absolute Gasteiger partial charge is 0.478 e. The van der Waals surface area contributed by atoms with Crippen molar-refractivity contribution in [3.63, 3.8) is 0 Å². The van der Waals surface area contributed by atoms with E-state index in [1.807, 2.05) is 22.6 Å². The summed E-state index contributed by atoms with van der Waals surface area (Å²) in [5, 5.41) is 20.1. The second-order valence-electron chi connectivity index (χ2n) is 2.00. The van der Waals surface area contributed by atoms with Crippen LogP contribution in [-0.4, -0.2) is 22.4 Å². The Bertz CT molecular complexity index is 246. The maximum Gasteiger partial charge on any atom is 0.337 e. The predicted octanol–water partition coefficient (Wildman–Crippen LogP) is 0.195. The lowest BCUT2D eigenvalue weighted by Gasteiger charge is -2.14. The second-order valence-corrected chi connectivity index (χ2v) is 3.25. The first-order valence-corrected chi connectivity index (χ1v) is 3.94. The summed E-state index contributed by atoms with van der Waals surface area (Å²) < 4.78 is 0.572. The first-order valence-electron chi connectivity index (χ1n) is 2.86. The molecule has 1 unspecified atom stereocenters. The molecular formula is C6H6INO3. The Morgan fingerprint density at radius 2 is 2.36 bits per heavy atom. The van der Waals surface area contributed by atoms with Crippen molar-refractivity contribution < 1.29 is 15.0 Å². The van der Waals surface area contributed by atoms with Gasteiger partial charge in [0.25, 0.3) is 0 Å². The van der Waals surface area contributed by atoms with Crippen LogP contribution in [0.5, 0.6) is 0 Å². The summed E-state index contributed by atoms with van der Waals surface area (Å²) in [6.45, 7) is 0. The third kappa shape index (κ3) is 1.93. The highest BCUT2D eigenvalue weighted by Crippen LogP contribution is 2.16. The molecule has 0 aromatic rings. The molecule has 0 aromatic heterocycles. The molecule has 11 heavy (non-hydrogen) atoms. The molecule has 0 aromatic carbocycles. The van der Waals surface area contributed by atoms with E-state index >= 15 is 0 Å². The third-order valence-corrected chi connectivity index (χ3v) is 2.10. The fraction of sp³-hybridized carbons (Fsp3) is 0.167. The number of dihydropyridines is 1. The Morgan fingerprint density at radius 3 is 2.82 bits per heavy atom. The Kier molecular flexibility index (Phi) is 2.50. The number of hydrogen-bond acceptors (Lipinski definition) is 3. The van der Waals surface area contributed by atoms with Crippen LogP contribution in [0.4, 0.5) is 0 Å². The molecule has 3 N–H and O–H groups in total. The molecule has 1 heterocycles. The smallest absolute Gasteiger partial charge is 0.337 e. The van der Waals surface area contributed by atoms with Crippen molar-refractivity contribution in [3.05, 3.63) is 21.4 Å². The molecule has 0 bridgehead atoms. The number of aliphatic hydroxyl groups is 1. The summed E-state index contributed by atoms with van der Waals surface area (Å²) >= 11 is 1.88. The van der Waals surface area contributed by atoms with Gasteiger partial charge < -0.3 is 15.5 Å². The van der Waals surface area contributed by atoms with Crippen LogP contribution in [-0.2, 0) is 4.79 Å². The van der Waals surface area contributed by atoms with E-state index in [0.29, 0.717) is 3.58 Å². The molecule has 60 valence electrons. The molecule has 5 heteroatoms. The average molecular weight is 267 g/mol. The summed E-state index contributed by atoms with van der Waals surface area (Å²) in [6.07, 6.45) is 1.93. The van der Waals surface area contributed by atoms with Crippen LogP contribution in [0, 0.1) is 0 Å². The summed E-state index contributed by atoms with van der Waals surface area (Å²) in [4.78, 5) is 10.4. The molecular weight excluding hydrogens is 261 g/mol. The Morgan fingerprint density at radius 1 is 1.73 bits per heavy atom. The first kappa shape index (κ1) is 8.54. The zero-order valence-electron chi connectivity index (χ0n) is 5.41. The number of nitrogens with one attached hydrogen (secondary N) is 1. The Labute approximate surface area is 76.7 Å². The van der Waals surface area contributed by atoms with Gasteiger partial charge in [-0.15, -0.1) is 0 Å². The average Bonchev–Trinajstić information content (AvgIpc) is 1.94. The van der Waals surface area contributed by atoms with Crippen molar-refractivity contribution in [2.75, 3.05) is 0 Å². The van der Waals surface area contributed by atoms with Crippen LogP contribution in [0.2, 0.25) is 0 Å². The third-order valence-electron chi connectivity index (χ3n) is 1.20. The minimum atomic E-state index is -1.00.